The zero-order chi connectivity index (χ0) is 27.0. The minimum atomic E-state index is -0.659. The number of hydrogen-bond acceptors (Lipinski definition) is 8. The van der Waals surface area contributed by atoms with Crippen molar-refractivity contribution in [2.75, 3.05) is 14.2 Å². The largest absolute Gasteiger partial charge is 0.504 e. The lowest BCUT2D eigenvalue weighted by Crippen LogP contribution is -2.09. The number of esters is 2. The molecular formula is C30H24O8. The third kappa shape index (κ3) is 4.48. The Labute approximate surface area is 218 Å². The number of phenols is 2. The summed E-state index contributed by atoms with van der Waals surface area (Å²) in [5.74, 6) is -0.256. The highest BCUT2D eigenvalue weighted by molar-refractivity contribution is 5.93. The molecule has 1 atom stereocenters. The predicted molar refractivity (Wildman–Crippen MR) is 139 cm³/mol. The molecule has 0 amide bonds. The van der Waals surface area contributed by atoms with Crippen molar-refractivity contribution >= 4 is 11.9 Å². The van der Waals surface area contributed by atoms with Gasteiger partial charge in [0.05, 0.1) is 25.3 Å². The molecule has 2 N–H and O–H groups in total. The van der Waals surface area contributed by atoms with Crippen LogP contribution in [0.15, 0.2) is 72.8 Å². The number of carbonyl (C=O) groups is 2. The van der Waals surface area contributed by atoms with Gasteiger partial charge in [-0.25, -0.2) is 9.59 Å². The van der Waals surface area contributed by atoms with Gasteiger partial charge >= 0.3 is 11.9 Å². The van der Waals surface area contributed by atoms with Gasteiger partial charge in [-0.1, -0.05) is 19.1 Å². The van der Waals surface area contributed by atoms with Gasteiger partial charge in [-0.3, -0.25) is 0 Å². The Bertz CT molecular complexity index is 1570. The van der Waals surface area contributed by atoms with Crippen molar-refractivity contribution in [3.63, 3.8) is 0 Å². The first kappa shape index (κ1) is 24.7. The van der Waals surface area contributed by atoms with Crippen molar-refractivity contribution < 1.29 is 38.7 Å². The maximum absolute atomic E-state index is 12.8. The van der Waals surface area contributed by atoms with Crippen LogP contribution in [0.2, 0.25) is 0 Å². The summed E-state index contributed by atoms with van der Waals surface area (Å²) in [4.78, 5) is 25.3. The number of fused-ring (bicyclic) bond motifs is 3. The lowest BCUT2D eigenvalue weighted by Gasteiger charge is -2.11. The van der Waals surface area contributed by atoms with Crippen molar-refractivity contribution in [2.24, 2.45) is 0 Å². The smallest absolute Gasteiger partial charge is 0.343 e. The van der Waals surface area contributed by atoms with E-state index in [1.807, 2.05) is 25.1 Å². The van der Waals surface area contributed by atoms with Crippen LogP contribution < -0.4 is 18.9 Å². The van der Waals surface area contributed by atoms with E-state index in [-0.39, 0.29) is 17.2 Å². The molecule has 38 heavy (non-hydrogen) atoms. The maximum Gasteiger partial charge on any atom is 0.343 e. The number of hydrogen-bond donors (Lipinski definition) is 2. The molecule has 0 saturated carbocycles. The monoisotopic (exact) mass is 512 g/mol. The number of aromatic hydroxyl groups is 2. The molecule has 0 aromatic heterocycles. The molecule has 5 rings (SSSR count). The summed E-state index contributed by atoms with van der Waals surface area (Å²) < 4.78 is 21.6. The lowest BCUT2D eigenvalue weighted by molar-refractivity contribution is 0.0724. The van der Waals surface area contributed by atoms with Crippen molar-refractivity contribution in [1.82, 2.24) is 0 Å². The molecule has 0 aliphatic heterocycles. The van der Waals surface area contributed by atoms with Gasteiger partial charge in [0.2, 0.25) is 0 Å². The van der Waals surface area contributed by atoms with E-state index in [1.165, 1.54) is 26.4 Å². The van der Waals surface area contributed by atoms with Gasteiger partial charge in [0.25, 0.3) is 0 Å². The SMILES string of the molecule is COc1ccc(C(=O)Oc2ccc3c(c2)C(C)c2cc(OC(=O)c4ccc(O)c(O)c4)ccc2-3)cc1OC. The molecule has 0 spiro atoms. The van der Waals surface area contributed by atoms with E-state index in [0.717, 1.165) is 28.3 Å². The van der Waals surface area contributed by atoms with Crippen LogP contribution in [0, 0.1) is 0 Å². The van der Waals surface area contributed by atoms with Crippen LogP contribution in [0.5, 0.6) is 34.5 Å². The normalized spacial score (nSPS) is 13.3. The first-order valence-electron chi connectivity index (χ1n) is 11.8. The fraction of sp³-hybridized carbons (Fsp3) is 0.133. The molecule has 4 aromatic rings. The van der Waals surface area contributed by atoms with E-state index in [4.69, 9.17) is 18.9 Å². The standard InChI is InChI=1S/C30H24O8/c1-16-23-14-19(37-29(33)17-4-10-25(31)26(32)12-17)6-8-21(23)22-9-7-20(15-24(16)22)38-30(34)18-5-11-27(35-2)28(13-18)36-3/h4-16,31-32H,1-3H3. The maximum atomic E-state index is 12.8. The third-order valence-electron chi connectivity index (χ3n) is 6.52. The van der Waals surface area contributed by atoms with Crippen molar-refractivity contribution in [3.8, 4) is 45.6 Å². The van der Waals surface area contributed by atoms with Gasteiger partial charge in [0, 0.05) is 5.92 Å². The van der Waals surface area contributed by atoms with Crippen LogP contribution in [0.3, 0.4) is 0 Å². The number of ether oxygens (including phenoxy) is 4. The van der Waals surface area contributed by atoms with E-state index in [0.29, 0.717) is 28.6 Å². The third-order valence-corrected chi connectivity index (χ3v) is 6.52. The Balaban J connectivity index is 1.34. The number of rotatable bonds is 6. The molecule has 1 aliphatic rings. The minimum Gasteiger partial charge on any atom is -0.504 e. The van der Waals surface area contributed by atoms with Gasteiger partial charge in [-0.2, -0.15) is 0 Å². The molecule has 8 nitrogen and oxygen atoms in total. The first-order chi connectivity index (χ1) is 18.3. The number of carbonyl (C=O) groups excluding carboxylic acids is 2. The molecule has 0 heterocycles. The average Bonchev–Trinajstić information content (AvgIpc) is 3.20. The molecule has 0 fully saturated rings. The number of methoxy groups -OCH3 is 2. The quantitative estimate of drug-likeness (QED) is 0.193. The number of phenolic OH excluding ortho intramolecular Hbond substituents is 2. The Morgan fingerprint density at radius 2 is 1.16 bits per heavy atom. The first-order valence-corrected chi connectivity index (χ1v) is 11.8. The molecule has 0 radical (unpaired) electrons. The topological polar surface area (TPSA) is 112 Å². The van der Waals surface area contributed by atoms with Crippen LogP contribution in [0.1, 0.15) is 44.7 Å². The van der Waals surface area contributed by atoms with Gasteiger partial charge in [0.1, 0.15) is 11.5 Å². The van der Waals surface area contributed by atoms with Crippen molar-refractivity contribution in [2.45, 2.75) is 12.8 Å². The fourth-order valence-electron chi connectivity index (χ4n) is 4.53. The second-order valence-corrected chi connectivity index (χ2v) is 8.77. The summed E-state index contributed by atoms with van der Waals surface area (Å²) in [6.07, 6.45) is 0. The van der Waals surface area contributed by atoms with Crippen LogP contribution in [0.4, 0.5) is 0 Å². The highest BCUT2D eigenvalue weighted by atomic mass is 16.5. The molecule has 1 aliphatic carbocycles. The zero-order valence-electron chi connectivity index (χ0n) is 20.8. The summed E-state index contributed by atoms with van der Waals surface area (Å²) in [7, 11) is 3.02. The molecule has 0 saturated heterocycles. The second-order valence-electron chi connectivity index (χ2n) is 8.77. The van der Waals surface area contributed by atoms with E-state index < -0.39 is 17.7 Å². The molecule has 0 bridgehead atoms. The Morgan fingerprint density at radius 3 is 1.68 bits per heavy atom. The van der Waals surface area contributed by atoms with Crippen molar-refractivity contribution in [3.05, 3.63) is 95.1 Å². The van der Waals surface area contributed by atoms with E-state index in [9.17, 15) is 19.8 Å². The summed E-state index contributed by atoms with van der Waals surface area (Å²) in [6.45, 7) is 2.02. The van der Waals surface area contributed by atoms with Crippen LogP contribution in [-0.2, 0) is 0 Å². The predicted octanol–water partition coefficient (Wildman–Crippen LogP) is 5.69. The molecular weight excluding hydrogens is 488 g/mol. The Morgan fingerprint density at radius 1 is 0.632 bits per heavy atom. The van der Waals surface area contributed by atoms with Gasteiger partial charge < -0.3 is 29.2 Å². The van der Waals surface area contributed by atoms with E-state index in [1.54, 1.807) is 36.4 Å². The van der Waals surface area contributed by atoms with Crippen molar-refractivity contribution in [1.29, 1.82) is 0 Å². The number of benzene rings is 4. The zero-order valence-corrected chi connectivity index (χ0v) is 20.8. The average molecular weight is 513 g/mol. The van der Waals surface area contributed by atoms with Crippen LogP contribution in [0.25, 0.3) is 11.1 Å². The van der Waals surface area contributed by atoms with E-state index >= 15 is 0 Å². The van der Waals surface area contributed by atoms with Gasteiger partial charge in [-0.05, 0) is 82.9 Å². The highest BCUT2D eigenvalue weighted by Crippen LogP contribution is 2.47. The molecule has 4 aromatic carbocycles. The van der Waals surface area contributed by atoms with Crippen LogP contribution >= 0.6 is 0 Å². The molecule has 8 heteroatoms. The fourth-order valence-corrected chi connectivity index (χ4v) is 4.53. The summed E-state index contributed by atoms with van der Waals surface area (Å²) in [5, 5.41) is 19.1. The van der Waals surface area contributed by atoms with Gasteiger partial charge in [0.15, 0.2) is 23.0 Å². The van der Waals surface area contributed by atoms with Gasteiger partial charge in [-0.15, -0.1) is 0 Å². The summed E-state index contributed by atoms with van der Waals surface area (Å²) in [6, 6.07) is 19.4. The summed E-state index contributed by atoms with van der Waals surface area (Å²) >= 11 is 0. The lowest BCUT2D eigenvalue weighted by atomic mass is 9.99. The minimum absolute atomic E-state index is 0.0453. The molecule has 192 valence electrons. The Kier molecular flexibility index (Phi) is 6.38. The second kappa shape index (κ2) is 9.82. The summed E-state index contributed by atoms with van der Waals surface area (Å²) in [5.41, 5.74) is 4.37. The highest BCUT2D eigenvalue weighted by Gasteiger charge is 2.27. The molecule has 1 unspecified atom stereocenters. The van der Waals surface area contributed by atoms with E-state index in [2.05, 4.69) is 0 Å². The van der Waals surface area contributed by atoms with Crippen LogP contribution in [-0.4, -0.2) is 36.4 Å². The Hall–Kier alpha value is -4.98.